The van der Waals surface area contributed by atoms with E-state index < -0.39 is 0 Å². The first-order valence-corrected chi connectivity index (χ1v) is 12.4. The molecular formula is C28H26N6O2. The first-order chi connectivity index (χ1) is 17.5. The molecular weight excluding hydrogens is 452 g/mol. The summed E-state index contributed by atoms with van der Waals surface area (Å²) >= 11 is 0. The second-order valence-electron chi connectivity index (χ2n) is 10.5. The van der Waals surface area contributed by atoms with Crippen LogP contribution in [0.1, 0.15) is 47.8 Å². The maximum Gasteiger partial charge on any atom is 0.272 e. The Morgan fingerprint density at radius 3 is 2.67 bits per heavy atom. The molecule has 3 aromatic heterocycles. The standard InChI is InChI=1S/C28H26N6O2/c1-34-15-18(14-29-34)20-8-4-5-16-9-23(31-24(16)20)27(36)30-19-12-28(13-19)10-17(11-28)25-21-6-2-3-7-22(21)26(35)33-32-25/h2-9,14-15,17,19,31H,10-13H2,1H3,(H,30,36)(H,33,35). The number of carbonyl (C=O) groups is 1. The highest BCUT2D eigenvalue weighted by Gasteiger charge is 2.54. The van der Waals surface area contributed by atoms with Gasteiger partial charge in [-0.15, -0.1) is 0 Å². The summed E-state index contributed by atoms with van der Waals surface area (Å²) in [7, 11) is 1.90. The van der Waals surface area contributed by atoms with Gasteiger partial charge in [0.05, 0.1) is 22.8 Å². The van der Waals surface area contributed by atoms with Crippen LogP contribution in [0.2, 0.25) is 0 Å². The Kier molecular flexibility index (Phi) is 4.49. The lowest BCUT2D eigenvalue weighted by Gasteiger charge is -2.57. The minimum atomic E-state index is -0.139. The summed E-state index contributed by atoms with van der Waals surface area (Å²) in [5.74, 6) is 0.287. The van der Waals surface area contributed by atoms with Crippen LogP contribution in [0, 0.1) is 5.41 Å². The molecule has 0 aliphatic heterocycles. The minimum absolute atomic E-state index is 0.0626. The number of amides is 1. The van der Waals surface area contributed by atoms with Crippen molar-refractivity contribution in [3.63, 3.8) is 0 Å². The number of carbonyl (C=O) groups excluding carboxylic acids is 1. The second kappa shape index (κ2) is 7.65. The Balaban J connectivity index is 1.02. The van der Waals surface area contributed by atoms with Crippen molar-refractivity contribution < 1.29 is 4.79 Å². The molecule has 2 saturated carbocycles. The fraction of sp³-hybridized carbons (Fsp3) is 0.286. The van der Waals surface area contributed by atoms with Crippen molar-refractivity contribution in [3.8, 4) is 11.1 Å². The van der Waals surface area contributed by atoms with Crippen molar-refractivity contribution in [2.24, 2.45) is 12.5 Å². The van der Waals surface area contributed by atoms with E-state index in [1.807, 2.05) is 68.0 Å². The molecule has 0 radical (unpaired) electrons. The Bertz CT molecular complexity index is 1700. The topological polar surface area (TPSA) is 108 Å². The van der Waals surface area contributed by atoms with E-state index in [4.69, 9.17) is 0 Å². The maximum absolute atomic E-state index is 13.0. The zero-order valence-electron chi connectivity index (χ0n) is 19.9. The van der Waals surface area contributed by atoms with E-state index in [0.29, 0.717) is 17.0 Å². The summed E-state index contributed by atoms with van der Waals surface area (Å²) in [6, 6.07) is 15.9. The van der Waals surface area contributed by atoms with Gasteiger partial charge in [0, 0.05) is 47.1 Å². The molecule has 2 aliphatic rings. The van der Waals surface area contributed by atoms with Gasteiger partial charge >= 0.3 is 0 Å². The predicted molar refractivity (Wildman–Crippen MR) is 138 cm³/mol. The first kappa shape index (κ1) is 21.1. The van der Waals surface area contributed by atoms with Gasteiger partial charge in [-0.25, -0.2) is 5.10 Å². The van der Waals surface area contributed by atoms with E-state index in [1.165, 1.54) is 0 Å². The van der Waals surface area contributed by atoms with Crippen LogP contribution in [0.4, 0.5) is 0 Å². The van der Waals surface area contributed by atoms with Crippen molar-refractivity contribution in [1.29, 1.82) is 0 Å². The average molecular weight is 479 g/mol. The van der Waals surface area contributed by atoms with Crippen molar-refractivity contribution in [2.45, 2.75) is 37.6 Å². The van der Waals surface area contributed by atoms with Crippen LogP contribution in [0.3, 0.4) is 0 Å². The molecule has 7 rings (SSSR count). The third kappa shape index (κ3) is 3.28. The number of nitrogens with one attached hydrogen (secondary N) is 3. The van der Waals surface area contributed by atoms with Crippen LogP contribution in [0.15, 0.2) is 65.7 Å². The van der Waals surface area contributed by atoms with Gasteiger partial charge in [-0.05, 0) is 43.2 Å². The number of hydrogen-bond donors (Lipinski definition) is 3. The number of H-pyrrole nitrogens is 2. The lowest BCUT2D eigenvalue weighted by molar-refractivity contribution is -0.0197. The van der Waals surface area contributed by atoms with Gasteiger partial charge in [-0.1, -0.05) is 36.4 Å². The number of fused-ring (bicyclic) bond motifs is 2. The number of nitrogens with zero attached hydrogens (tertiary/aromatic N) is 3. The first-order valence-electron chi connectivity index (χ1n) is 12.4. The van der Waals surface area contributed by atoms with E-state index in [-0.39, 0.29) is 22.9 Å². The fourth-order valence-electron chi connectivity index (χ4n) is 6.39. The Labute approximate surface area is 206 Å². The van der Waals surface area contributed by atoms with E-state index in [9.17, 15) is 9.59 Å². The molecule has 0 saturated heterocycles. The monoisotopic (exact) mass is 478 g/mol. The quantitative estimate of drug-likeness (QED) is 0.359. The van der Waals surface area contributed by atoms with Gasteiger partial charge in [0.2, 0.25) is 0 Å². The summed E-state index contributed by atoms with van der Waals surface area (Å²) < 4.78 is 1.78. The molecule has 8 nitrogen and oxygen atoms in total. The Morgan fingerprint density at radius 2 is 1.89 bits per heavy atom. The molecule has 3 heterocycles. The highest BCUT2D eigenvalue weighted by atomic mass is 16.2. The van der Waals surface area contributed by atoms with E-state index >= 15 is 0 Å². The lowest BCUT2D eigenvalue weighted by atomic mass is 9.49. The summed E-state index contributed by atoms with van der Waals surface area (Å²) in [6.45, 7) is 0. The highest BCUT2D eigenvalue weighted by molar-refractivity contribution is 6.02. The SMILES string of the molecule is Cn1cc(-c2cccc3cc(C(=O)NC4CC5(C4)CC(c4n[nH]c(=O)c6ccccc46)C5)[nH]c23)cn1. The highest BCUT2D eigenvalue weighted by Crippen LogP contribution is 2.62. The molecule has 180 valence electrons. The van der Waals surface area contributed by atoms with Gasteiger partial charge < -0.3 is 10.3 Å². The largest absolute Gasteiger partial charge is 0.350 e. The van der Waals surface area contributed by atoms with Crippen LogP contribution >= 0.6 is 0 Å². The second-order valence-corrected chi connectivity index (χ2v) is 10.5. The Morgan fingerprint density at radius 1 is 1.08 bits per heavy atom. The molecule has 0 bridgehead atoms. The fourth-order valence-corrected chi connectivity index (χ4v) is 6.39. The molecule has 2 fully saturated rings. The van der Waals surface area contributed by atoms with E-state index in [1.54, 1.807) is 4.68 Å². The number of hydrogen-bond acceptors (Lipinski definition) is 4. The zero-order valence-corrected chi connectivity index (χ0v) is 19.9. The van der Waals surface area contributed by atoms with Crippen LogP contribution in [0.5, 0.6) is 0 Å². The molecule has 1 amide bonds. The number of aromatic nitrogens is 5. The molecule has 5 aromatic rings. The van der Waals surface area contributed by atoms with Crippen molar-refractivity contribution in [3.05, 3.63) is 82.7 Å². The summed E-state index contributed by atoms with van der Waals surface area (Å²) in [6.07, 6.45) is 7.86. The van der Waals surface area contributed by atoms with Crippen molar-refractivity contribution >= 4 is 27.6 Å². The molecule has 1 spiro atoms. The van der Waals surface area contributed by atoms with Gasteiger partial charge in [-0.2, -0.15) is 10.2 Å². The van der Waals surface area contributed by atoms with Gasteiger partial charge in [0.15, 0.2) is 0 Å². The summed E-state index contributed by atoms with van der Waals surface area (Å²) in [4.78, 5) is 28.5. The van der Waals surface area contributed by atoms with Gasteiger partial charge in [0.25, 0.3) is 11.5 Å². The predicted octanol–water partition coefficient (Wildman–Crippen LogP) is 4.26. The number of rotatable bonds is 4. The van der Waals surface area contributed by atoms with Crippen LogP contribution in [0.25, 0.3) is 32.8 Å². The maximum atomic E-state index is 13.0. The summed E-state index contributed by atoms with van der Waals surface area (Å²) in [5, 5.41) is 17.2. The Hall–Kier alpha value is -4.20. The molecule has 3 N–H and O–H groups in total. The molecule has 0 atom stereocenters. The number of benzene rings is 2. The van der Waals surface area contributed by atoms with Crippen LogP contribution < -0.4 is 10.9 Å². The normalized spacial score (nSPS) is 23.0. The van der Waals surface area contributed by atoms with Crippen LogP contribution in [-0.4, -0.2) is 36.9 Å². The zero-order chi connectivity index (χ0) is 24.4. The summed E-state index contributed by atoms with van der Waals surface area (Å²) in [5.41, 5.74) is 4.70. The van der Waals surface area contributed by atoms with Crippen LogP contribution in [-0.2, 0) is 7.05 Å². The lowest BCUT2D eigenvalue weighted by Crippen LogP contribution is -2.55. The van der Waals surface area contributed by atoms with E-state index in [0.717, 1.165) is 58.8 Å². The van der Waals surface area contributed by atoms with Gasteiger partial charge in [-0.3, -0.25) is 14.3 Å². The smallest absolute Gasteiger partial charge is 0.272 e. The third-order valence-electron chi connectivity index (χ3n) is 8.08. The molecule has 36 heavy (non-hydrogen) atoms. The number of aromatic amines is 2. The molecule has 2 aromatic carbocycles. The third-order valence-corrected chi connectivity index (χ3v) is 8.08. The van der Waals surface area contributed by atoms with Crippen molar-refractivity contribution in [1.82, 2.24) is 30.3 Å². The molecule has 8 heteroatoms. The van der Waals surface area contributed by atoms with E-state index in [2.05, 4.69) is 25.6 Å². The van der Waals surface area contributed by atoms with Crippen molar-refractivity contribution in [2.75, 3.05) is 0 Å². The van der Waals surface area contributed by atoms with Gasteiger partial charge in [0.1, 0.15) is 5.69 Å². The molecule has 0 unspecified atom stereocenters. The number of para-hydroxylation sites is 1. The number of aryl methyl sites for hydroxylation is 1. The average Bonchev–Trinajstić information content (AvgIpc) is 3.47. The molecule has 2 aliphatic carbocycles. The minimum Gasteiger partial charge on any atom is -0.350 e.